The average Bonchev–Trinajstić information content (AvgIpc) is 2.94. The van der Waals surface area contributed by atoms with Gasteiger partial charge in [-0.25, -0.2) is 4.39 Å². The SMILES string of the molecule is CN=C(NCC(C)(C)c1ccc(F)cc1)N1CCC2(CCC2)C1.I. The molecule has 1 aromatic rings. The van der Waals surface area contributed by atoms with E-state index < -0.39 is 0 Å². The molecular weight excluding hydrogens is 416 g/mol. The van der Waals surface area contributed by atoms with Crippen molar-refractivity contribution in [2.75, 3.05) is 26.7 Å². The van der Waals surface area contributed by atoms with Gasteiger partial charge in [-0.2, -0.15) is 0 Å². The maximum atomic E-state index is 13.1. The standard InChI is InChI=1S/C19H28FN3.HI/c1-18(2,15-5-7-16(20)8-6-15)13-22-17(21-3)23-12-11-19(14-23)9-4-10-19;/h5-8H,4,9-14H2,1-3H3,(H,21,22);1H. The lowest BCUT2D eigenvalue weighted by Gasteiger charge is -2.38. The van der Waals surface area contributed by atoms with Crippen molar-refractivity contribution in [2.45, 2.75) is 44.9 Å². The summed E-state index contributed by atoms with van der Waals surface area (Å²) in [6.45, 7) is 7.39. The Balaban J connectivity index is 0.00000208. The number of guanidine groups is 1. The molecule has 5 heteroatoms. The highest BCUT2D eigenvalue weighted by Gasteiger charge is 2.43. The molecular formula is C19H29FIN3. The summed E-state index contributed by atoms with van der Waals surface area (Å²) >= 11 is 0. The quantitative estimate of drug-likeness (QED) is 0.430. The van der Waals surface area contributed by atoms with Gasteiger partial charge in [-0.3, -0.25) is 4.99 Å². The van der Waals surface area contributed by atoms with Crippen molar-refractivity contribution < 1.29 is 4.39 Å². The third-order valence-electron chi connectivity index (χ3n) is 5.68. The number of benzene rings is 1. The van der Waals surface area contributed by atoms with Crippen molar-refractivity contribution in [1.82, 2.24) is 10.2 Å². The Labute approximate surface area is 162 Å². The van der Waals surface area contributed by atoms with Crippen LogP contribution in [0, 0.1) is 11.2 Å². The molecule has 3 rings (SSSR count). The van der Waals surface area contributed by atoms with Crippen LogP contribution in [0.5, 0.6) is 0 Å². The minimum atomic E-state index is -0.184. The molecule has 0 atom stereocenters. The van der Waals surface area contributed by atoms with Gasteiger partial charge in [0.2, 0.25) is 0 Å². The van der Waals surface area contributed by atoms with Crippen molar-refractivity contribution in [3.05, 3.63) is 35.6 Å². The largest absolute Gasteiger partial charge is 0.355 e. The van der Waals surface area contributed by atoms with E-state index in [0.29, 0.717) is 5.41 Å². The molecule has 1 aromatic carbocycles. The zero-order valence-electron chi connectivity index (χ0n) is 14.9. The second-order valence-electron chi connectivity index (χ2n) is 7.82. The molecule has 24 heavy (non-hydrogen) atoms. The van der Waals surface area contributed by atoms with Crippen LogP contribution in [0.1, 0.15) is 45.1 Å². The molecule has 134 valence electrons. The van der Waals surface area contributed by atoms with E-state index >= 15 is 0 Å². The predicted molar refractivity (Wildman–Crippen MR) is 109 cm³/mol. The first kappa shape index (κ1) is 19.5. The van der Waals surface area contributed by atoms with Crippen LogP contribution in [0.25, 0.3) is 0 Å². The second-order valence-corrected chi connectivity index (χ2v) is 7.82. The zero-order valence-corrected chi connectivity index (χ0v) is 17.3. The van der Waals surface area contributed by atoms with Crippen LogP contribution >= 0.6 is 24.0 Å². The number of nitrogens with zero attached hydrogens (tertiary/aromatic N) is 2. The minimum absolute atomic E-state index is 0. The molecule has 1 spiro atoms. The van der Waals surface area contributed by atoms with E-state index in [1.807, 2.05) is 19.2 Å². The summed E-state index contributed by atoms with van der Waals surface area (Å²) in [4.78, 5) is 6.88. The Morgan fingerprint density at radius 3 is 2.42 bits per heavy atom. The van der Waals surface area contributed by atoms with Crippen LogP contribution in [-0.4, -0.2) is 37.5 Å². The van der Waals surface area contributed by atoms with Crippen molar-refractivity contribution >= 4 is 29.9 Å². The predicted octanol–water partition coefficient (Wildman–Crippen LogP) is 4.17. The monoisotopic (exact) mass is 445 g/mol. The number of rotatable bonds is 3. The molecule has 1 aliphatic heterocycles. The summed E-state index contributed by atoms with van der Waals surface area (Å²) in [5.74, 6) is 0.820. The topological polar surface area (TPSA) is 27.6 Å². The van der Waals surface area contributed by atoms with Crippen LogP contribution in [0.2, 0.25) is 0 Å². The molecule has 1 saturated heterocycles. The fraction of sp³-hybridized carbons (Fsp3) is 0.632. The Morgan fingerprint density at radius 1 is 1.25 bits per heavy atom. The summed E-state index contributed by atoms with van der Waals surface area (Å²) in [5, 5.41) is 3.53. The number of likely N-dealkylation sites (tertiary alicyclic amines) is 1. The van der Waals surface area contributed by atoms with Crippen LogP contribution in [0.3, 0.4) is 0 Å². The lowest BCUT2D eigenvalue weighted by atomic mass is 9.68. The van der Waals surface area contributed by atoms with Crippen LogP contribution in [0.15, 0.2) is 29.3 Å². The molecule has 0 amide bonds. The van der Waals surface area contributed by atoms with Gasteiger partial charge in [0.1, 0.15) is 5.82 Å². The smallest absolute Gasteiger partial charge is 0.193 e. The highest BCUT2D eigenvalue weighted by Crippen LogP contribution is 2.47. The van der Waals surface area contributed by atoms with E-state index in [0.717, 1.165) is 31.2 Å². The Kier molecular flexibility index (Phi) is 6.15. The summed E-state index contributed by atoms with van der Waals surface area (Å²) < 4.78 is 13.1. The molecule has 1 heterocycles. The average molecular weight is 445 g/mol. The zero-order chi connectivity index (χ0) is 16.5. The fourth-order valence-corrected chi connectivity index (χ4v) is 3.84. The van der Waals surface area contributed by atoms with Gasteiger partial charge in [0.15, 0.2) is 5.96 Å². The summed E-state index contributed by atoms with van der Waals surface area (Å²) in [5.41, 5.74) is 1.64. The van der Waals surface area contributed by atoms with Gasteiger partial charge in [-0.15, -0.1) is 24.0 Å². The van der Waals surface area contributed by atoms with Gasteiger partial charge < -0.3 is 10.2 Å². The van der Waals surface area contributed by atoms with E-state index in [4.69, 9.17) is 0 Å². The third-order valence-corrected chi connectivity index (χ3v) is 5.68. The van der Waals surface area contributed by atoms with Gasteiger partial charge in [0.25, 0.3) is 0 Å². The highest BCUT2D eigenvalue weighted by molar-refractivity contribution is 14.0. The van der Waals surface area contributed by atoms with Crippen LogP contribution in [-0.2, 0) is 5.41 Å². The third kappa shape index (κ3) is 4.03. The maximum Gasteiger partial charge on any atom is 0.193 e. The lowest BCUT2D eigenvalue weighted by Crippen LogP contribution is -2.46. The molecule has 0 aromatic heterocycles. The highest BCUT2D eigenvalue weighted by atomic mass is 127. The number of hydrogen-bond donors (Lipinski definition) is 1. The summed E-state index contributed by atoms with van der Waals surface area (Å²) in [6, 6.07) is 6.82. The maximum absolute atomic E-state index is 13.1. The summed E-state index contributed by atoms with van der Waals surface area (Å²) in [6.07, 6.45) is 5.44. The molecule has 1 N–H and O–H groups in total. The lowest BCUT2D eigenvalue weighted by molar-refractivity contribution is 0.151. The first-order chi connectivity index (χ1) is 10.9. The normalized spacial score (nSPS) is 19.8. The van der Waals surface area contributed by atoms with Gasteiger partial charge in [0.05, 0.1) is 0 Å². The Bertz CT molecular complexity index is 579. The Hall–Kier alpha value is -0.850. The second kappa shape index (κ2) is 7.58. The number of aliphatic imine (C=N–C) groups is 1. The number of hydrogen-bond acceptors (Lipinski definition) is 1. The van der Waals surface area contributed by atoms with Gasteiger partial charge in [-0.05, 0) is 42.4 Å². The molecule has 2 aliphatic rings. The van der Waals surface area contributed by atoms with Crippen LogP contribution in [0.4, 0.5) is 4.39 Å². The molecule has 0 unspecified atom stereocenters. The van der Waals surface area contributed by atoms with E-state index in [9.17, 15) is 4.39 Å². The first-order valence-corrected chi connectivity index (χ1v) is 8.66. The van der Waals surface area contributed by atoms with Crippen molar-refractivity contribution in [3.8, 4) is 0 Å². The van der Waals surface area contributed by atoms with Crippen molar-refractivity contribution in [1.29, 1.82) is 0 Å². The van der Waals surface area contributed by atoms with Gasteiger partial charge in [0, 0.05) is 32.1 Å². The van der Waals surface area contributed by atoms with Crippen LogP contribution < -0.4 is 5.32 Å². The Morgan fingerprint density at radius 2 is 1.92 bits per heavy atom. The molecule has 0 radical (unpaired) electrons. The van der Waals surface area contributed by atoms with Crippen molar-refractivity contribution in [2.24, 2.45) is 10.4 Å². The summed E-state index contributed by atoms with van der Waals surface area (Å²) in [7, 11) is 1.86. The van der Waals surface area contributed by atoms with E-state index in [2.05, 4.69) is 29.1 Å². The van der Waals surface area contributed by atoms with Crippen molar-refractivity contribution in [3.63, 3.8) is 0 Å². The van der Waals surface area contributed by atoms with Gasteiger partial charge >= 0.3 is 0 Å². The molecule has 0 bridgehead atoms. The molecule has 1 saturated carbocycles. The minimum Gasteiger partial charge on any atom is -0.355 e. The molecule has 2 fully saturated rings. The number of nitrogens with one attached hydrogen (secondary N) is 1. The van der Waals surface area contributed by atoms with E-state index in [1.165, 1.54) is 37.8 Å². The molecule has 3 nitrogen and oxygen atoms in total. The van der Waals surface area contributed by atoms with E-state index in [1.54, 1.807) is 0 Å². The van der Waals surface area contributed by atoms with E-state index in [-0.39, 0.29) is 35.2 Å². The fourth-order valence-electron chi connectivity index (χ4n) is 3.84. The van der Waals surface area contributed by atoms with Gasteiger partial charge in [-0.1, -0.05) is 32.4 Å². The number of halogens is 2. The first-order valence-electron chi connectivity index (χ1n) is 8.66. The molecule has 1 aliphatic carbocycles.